The molecule has 1 aromatic rings. The quantitative estimate of drug-likeness (QED) is 0.834. The third-order valence-electron chi connectivity index (χ3n) is 4.75. The predicted molar refractivity (Wildman–Crippen MR) is 66.5 cm³/mol. The Morgan fingerprint density at radius 2 is 1.65 bits per heavy atom. The average molecular weight is 229 g/mol. The summed E-state index contributed by atoms with van der Waals surface area (Å²) in [5.74, 6) is 0. The van der Waals surface area contributed by atoms with Gasteiger partial charge in [-0.05, 0) is 43.4 Å². The monoisotopic (exact) mass is 229 g/mol. The highest BCUT2D eigenvalue weighted by Crippen LogP contribution is 2.39. The van der Waals surface area contributed by atoms with Crippen LogP contribution in [0.15, 0.2) is 24.5 Å². The van der Waals surface area contributed by atoms with E-state index in [-0.39, 0.29) is 0 Å². The molecule has 4 fully saturated rings. The van der Waals surface area contributed by atoms with Crippen LogP contribution in [0.25, 0.3) is 0 Å². The Hall–Kier alpha value is -0.930. The summed E-state index contributed by atoms with van der Waals surface area (Å²) in [5, 5.41) is 3.76. The van der Waals surface area contributed by atoms with Crippen molar-refractivity contribution in [2.24, 2.45) is 0 Å². The van der Waals surface area contributed by atoms with E-state index in [1.54, 1.807) is 0 Å². The molecule has 5 rings (SSSR count). The van der Waals surface area contributed by atoms with Crippen molar-refractivity contribution < 1.29 is 0 Å². The summed E-state index contributed by atoms with van der Waals surface area (Å²) in [7, 11) is 0. The maximum Gasteiger partial charge on any atom is 0.0271 e. The molecule has 3 heteroatoms. The van der Waals surface area contributed by atoms with E-state index in [4.69, 9.17) is 0 Å². The van der Waals surface area contributed by atoms with Crippen molar-refractivity contribution in [3.05, 3.63) is 30.1 Å². The SMILES string of the molecule is c1cc(CN2C3CC4CC2CC(C3)N4)ccn1. The standard InChI is InChI=1S/C14H19N3/c1-3-15-4-2-10(1)9-17-13-5-11-6-14(17)8-12(7-13)16-11/h1-4,11-14,16H,5-9H2. The number of hydrogen-bond acceptors (Lipinski definition) is 3. The van der Waals surface area contributed by atoms with Crippen LogP contribution in [0.2, 0.25) is 0 Å². The summed E-state index contributed by atoms with van der Waals surface area (Å²) in [5.41, 5.74) is 1.42. The van der Waals surface area contributed by atoms with Gasteiger partial charge in [0.05, 0.1) is 0 Å². The zero-order chi connectivity index (χ0) is 11.2. The molecule has 4 aliphatic rings. The number of piperidine rings is 4. The van der Waals surface area contributed by atoms with Crippen molar-refractivity contribution in [3.63, 3.8) is 0 Å². The second kappa shape index (κ2) is 3.79. The molecule has 90 valence electrons. The molecule has 0 spiro atoms. The number of pyridine rings is 1. The zero-order valence-electron chi connectivity index (χ0n) is 10.0. The number of aromatic nitrogens is 1. The Kier molecular flexibility index (Phi) is 2.24. The fourth-order valence-electron chi connectivity index (χ4n) is 4.10. The van der Waals surface area contributed by atoms with E-state index in [1.807, 2.05) is 12.4 Å². The van der Waals surface area contributed by atoms with E-state index < -0.39 is 0 Å². The summed E-state index contributed by atoms with van der Waals surface area (Å²) in [6.07, 6.45) is 9.26. The fraction of sp³-hybridized carbons (Fsp3) is 0.643. The van der Waals surface area contributed by atoms with Crippen LogP contribution in [0, 0.1) is 0 Å². The molecule has 0 atom stereocenters. The van der Waals surface area contributed by atoms with Gasteiger partial charge in [-0.1, -0.05) is 0 Å². The minimum absolute atomic E-state index is 0.811. The lowest BCUT2D eigenvalue weighted by molar-refractivity contribution is -0.0359. The van der Waals surface area contributed by atoms with Gasteiger partial charge in [0.15, 0.2) is 0 Å². The first-order valence-corrected chi connectivity index (χ1v) is 6.79. The van der Waals surface area contributed by atoms with Crippen LogP contribution in [0.3, 0.4) is 0 Å². The molecule has 0 amide bonds. The summed E-state index contributed by atoms with van der Waals surface area (Å²) in [6.45, 7) is 1.12. The smallest absolute Gasteiger partial charge is 0.0271 e. The number of nitrogens with zero attached hydrogens (tertiary/aromatic N) is 2. The van der Waals surface area contributed by atoms with Crippen LogP contribution in [-0.4, -0.2) is 34.1 Å². The Morgan fingerprint density at radius 3 is 2.24 bits per heavy atom. The largest absolute Gasteiger partial charge is 0.311 e. The first kappa shape index (κ1) is 10.0. The Morgan fingerprint density at radius 1 is 1.06 bits per heavy atom. The van der Waals surface area contributed by atoms with E-state index in [0.717, 1.165) is 30.7 Å². The van der Waals surface area contributed by atoms with Gasteiger partial charge in [0.25, 0.3) is 0 Å². The summed E-state index contributed by atoms with van der Waals surface area (Å²) < 4.78 is 0. The predicted octanol–water partition coefficient (Wildman–Crippen LogP) is 1.55. The van der Waals surface area contributed by atoms with Crippen LogP contribution < -0.4 is 5.32 Å². The third-order valence-corrected chi connectivity index (χ3v) is 4.75. The first-order chi connectivity index (χ1) is 8.38. The van der Waals surface area contributed by atoms with Crippen molar-refractivity contribution in [1.29, 1.82) is 0 Å². The maximum absolute atomic E-state index is 4.10. The average Bonchev–Trinajstić information content (AvgIpc) is 2.34. The molecule has 0 radical (unpaired) electrons. The Bertz CT molecular complexity index is 375. The highest BCUT2D eigenvalue weighted by molar-refractivity contribution is 5.13. The topological polar surface area (TPSA) is 28.2 Å². The van der Waals surface area contributed by atoms with Gasteiger partial charge in [0.1, 0.15) is 0 Å². The summed E-state index contributed by atoms with van der Waals surface area (Å²) >= 11 is 0. The third kappa shape index (κ3) is 1.69. The summed E-state index contributed by atoms with van der Waals surface area (Å²) in [4.78, 5) is 6.85. The molecule has 5 heterocycles. The van der Waals surface area contributed by atoms with E-state index in [1.165, 1.54) is 31.2 Å². The first-order valence-electron chi connectivity index (χ1n) is 6.79. The van der Waals surface area contributed by atoms with Gasteiger partial charge in [-0.25, -0.2) is 0 Å². The Labute approximate surface area is 102 Å². The van der Waals surface area contributed by atoms with Crippen LogP contribution in [-0.2, 0) is 6.54 Å². The molecule has 4 aliphatic heterocycles. The van der Waals surface area contributed by atoms with E-state index in [0.29, 0.717) is 0 Å². The number of nitrogens with one attached hydrogen (secondary N) is 1. The molecule has 0 unspecified atom stereocenters. The molecule has 1 aromatic heterocycles. The van der Waals surface area contributed by atoms with Gasteiger partial charge in [-0.2, -0.15) is 0 Å². The number of rotatable bonds is 2. The molecule has 0 saturated carbocycles. The highest BCUT2D eigenvalue weighted by Gasteiger charge is 2.46. The lowest BCUT2D eigenvalue weighted by atomic mass is 9.74. The molecular formula is C14H19N3. The second-order valence-electron chi connectivity index (χ2n) is 5.84. The summed E-state index contributed by atoms with van der Waals surface area (Å²) in [6, 6.07) is 7.59. The lowest BCUT2D eigenvalue weighted by Gasteiger charge is -2.57. The van der Waals surface area contributed by atoms with Crippen molar-refractivity contribution in [2.75, 3.05) is 0 Å². The Balaban J connectivity index is 1.55. The molecule has 4 bridgehead atoms. The molecule has 1 N–H and O–H groups in total. The molecule has 0 aliphatic carbocycles. The van der Waals surface area contributed by atoms with E-state index in [9.17, 15) is 0 Å². The van der Waals surface area contributed by atoms with Crippen molar-refractivity contribution in [3.8, 4) is 0 Å². The van der Waals surface area contributed by atoms with Gasteiger partial charge in [0, 0.05) is 43.1 Å². The lowest BCUT2D eigenvalue weighted by Crippen LogP contribution is -2.67. The van der Waals surface area contributed by atoms with Crippen molar-refractivity contribution in [2.45, 2.75) is 56.4 Å². The molecule has 3 nitrogen and oxygen atoms in total. The van der Waals surface area contributed by atoms with E-state index >= 15 is 0 Å². The zero-order valence-corrected chi connectivity index (χ0v) is 10.0. The molecule has 17 heavy (non-hydrogen) atoms. The minimum atomic E-state index is 0.811. The van der Waals surface area contributed by atoms with Crippen molar-refractivity contribution >= 4 is 0 Å². The molecule has 4 saturated heterocycles. The highest BCUT2D eigenvalue weighted by atomic mass is 15.3. The molecular weight excluding hydrogens is 210 g/mol. The fourth-order valence-corrected chi connectivity index (χ4v) is 4.10. The minimum Gasteiger partial charge on any atom is -0.311 e. The van der Waals surface area contributed by atoms with Gasteiger partial charge < -0.3 is 5.32 Å². The molecule has 0 aromatic carbocycles. The second-order valence-corrected chi connectivity index (χ2v) is 5.84. The van der Waals surface area contributed by atoms with Crippen LogP contribution in [0.5, 0.6) is 0 Å². The van der Waals surface area contributed by atoms with Crippen LogP contribution in [0.4, 0.5) is 0 Å². The van der Waals surface area contributed by atoms with Crippen LogP contribution in [0.1, 0.15) is 31.2 Å². The normalized spacial score (nSPS) is 39.8. The van der Waals surface area contributed by atoms with Gasteiger partial charge in [0.2, 0.25) is 0 Å². The van der Waals surface area contributed by atoms with Crippen molar-refractivity contribution in [1.82, 2.24) is 15.2 Å². The van der Waals surface area contributed by atoms with Crippen LogP contribution >= 0.6 is 0 Å². The maximum atomic E-state index is 4.10. The van der Waals surface area contributed by atoms with Gasteiger partial charge in [-0.3, -0.25) is 9.88 Å². The van der Waals surface area contributed by atoms with Gasteiger partial charge >= 0.3 is 0 Å². The van der Waals surface area contributed by atoms with Gasteiger partial charge in [-0.15, -0.1) is 0 Å². The van der Waals surface area contributed by atoms with E-state index in [2.05, 4.69) is 27.3 Å². The number of hydrogen-bond donors (Lipinski definition) is 1.